The van der Waals surface area contributed by atoms with Gasteiger partial charge in [-0.2, -0.15) is 0 Å². The predicted molar refractivity (Wildman–Crippen MR) is 51.9 cm³/mol. The van der Waals surface area contributed by atoms with Gasteiger partial charge < -0.3 is 10.8 Å². The lowest BCUT2D eigenvalue weighted by Gasteiger charge is -2.07. The van der Waals surface area contributed by atoms with Crippen LogP contribution in [0.5, 0.6) is 0 Å². The molecule has 0 aliphatic rings. The largest absolute Gasteiger partial charge is 0.480 e. The Bertz CT molecular complexity index is 118. The Morgan fingerprint density at radius 3 is 1.75 bits per heavy atom. The van der Waals surface area contributed by atoms with Crippen molar-refractivity contribution in [3.8, 4) is 0 Å². The van der Waals surface area contributed by atoms with Crippen molar-refractivity contribution in [3.63, 3.8) is 0 Å². The molecule has 12 heavy (non-hydrogen) atoms. The van der Waals surface area contributed by atoms with E-state index in [9.17, 15) is 4.79 Å². The zero-order valence-corrected chi connectivity index (χ0v) is 8.77. The van der Waals surface area contributed by atoms with Crippen LogP contribution in [0.4, 0.5) is 0 Å². The van der Waals surface area contributed by atoms with Crippen LogP contribution in [0.2, 0.25) is 0 Å². The summed E-state index contributed by atoms with van der Waals surface area (Å²) < 4.78 is 0. The van der Waals surface area contributed by atoms with Crippen LogP contribution in [0, 0.1) is 5.92 Å². The number of carbonyl (C=O) groups is 1. The number of nitrogens with two attached hydrogens (primary N) is 1. The normalized spacial score (nSPS) is 11.8. The molecule has 3 N–H and O–H groups in total. The topological polar surface area (TPSA) is 63.3 Å². The van der Waals surface area contributed by atoms with Crippen LogP contribution < -0.4 is 5.73 Å². The summed E-state index contributed by atoms with van der Waals surface area (Å²) in [6.45, 7) is 3.55. The third kappa shape index (κ3) is 10.0. The van der Waals surface area contributed by atoms with Crippen LogP contribution in [-0.2, 0) is 4.79 Å². The molecule has 0 saturated heterocycles. The fourth-order valence-electron chi connectivity index (χ4n) is 0.285. The van der Waals surface area contributed by atoms with Gasteiger partial charge in [0, 0.05) is 11.8 Å². The van der Waals surface area contributed by atoms with Crippen molar-refractivity contribution in [1.82, 2.24) is 0 Å². The highest BCUT2D eigenvalue weighted by atomic mass is 35.5. The first-order chi connectivity index (χ1) is 5.47. The number of alkyl halides is 2. The first kappa shape index (κ1) is 14.5. The van der Waals surface area contributed by atoms with Gasteiger partial charge in [0.2, 0.25) is 0 Å². The Labute approximate surface area is 82.8 Å². The Morgan fingerprint density at radius 1 is 1.42 bits per heavy atom. The van der Waals surface area contributed by atoms with E-state index >= 15 is 0 Å². The first-order valence-corrected chi connectivity index (χ1v) is 4.64. The number of aliphatic carboxylic acids is 1. The van der Waals surface area contributed by atoms with Crippen molar-refractivity contribution >= 4 is 29.2 Å². The van der Waals surface area contributed by atoms with E-state index in [2.05, 4.69) is 0 Å². The zero-order valence-electron chi connectivity index (χ0n) is 7.26. The minimum absolute atomic E-state index is 0.0208. The molecule has 0 rings (SSSR count). The molecule has 0 aromatic carbocycles. The van der Waals surface area contributed by atoms with Crippen molar-refractivity contribution in [3.05, 3.63) is 0 Å². The second-order valence-electron chi connectivity index (χ2n) is 2.49. The van der Waals surface area contributed by atoms with Gasteiger partial charge in [0.15, 0.2) is 0 Å². The van der Waals surface area contributed by atoms with E-state index in [0.29, 0.717) is 11.8 Å². The number of hydrogen-bond donors (Lipinski definition) is 2. The molecule has 0 fully saturated rings. The van der Waals surface area contributed by atoms with Crippen molar-refractivity contribution in [2.75, 3.05) is 11.8 Å². The number of halogens is 2. The Morgan fingerprint density at radius 2 is 1.75 bits per heavy atom. The summed E-state index contributed by atoms with van der Waals surface area (Å²) in [5, 5.41) is 8.23. The van der Waals surface area contributed by atoms with Gasteiger partial charge in [-0.25, -0.2) is 0 Å². The van der Waals surface area contributed by atoms with E-state index in [-0.39, 0.29) is 5.92 Å². The lowest BCUT2D eigenvalue weighted by molar-refractivity contribution is -0.139. The van der Waals surface area contributed by atoms with Crippen LogP contribution in [0.1, 0.15) is 13.8 Å². The molecule has 0 amide bonds. The fourth-order valence-corrected chi connectivity index (χ4v) is 0.285. The lowest BCUT2D eigenvalue weighted by Crippen LogP contribution is -2.34. The monoisotopic (exact) mass is 215 g/mol. The third-order valence-corrected chi connectivity index (χ3v) is 1.65. The van der Waals surface area contributed by atoms with Crippen LogP contribution in [0.25, 0.3) is 0 Å². The Kier molecular flexibility index (Phi) is 11.0. The molecule has 0 radical (unpaired) electrons. The summed E-state index contributed by atoms with van der Waals surface area (Å²) in [6.07, 6.45) is 0. The summed E-state index contributed by atoms with van der Waals surface area (Å²) in [7, 11) is 0. The number of carboxylic acid groups (broad SMARTS) is 1. The van der Waals surface area contributed by atoms with Gasteiger partial charge in [0.05, 0.1) is 0 Å². The zero-order chi connectivity index (χ0) is 10.1. The van der Waals surface area contributed by atoms with Crippen molar-refractivity contribution in [1.29, 1.82) is 0 Å². The van der Waals surface area contributed by atoms with Crippen LogP contribution >= 0.6 is 23.2 Å². The highest BCUT2D eigenvalue weighted by Crippen LogP contribution is 1.96. The SMILES string of the molecule is CC(C)C(N)C(=O)O.ClCCCl. The molecule has 5 heteroatoms. The van der Waals surface area contributed by atoms with Gasteiger partial charge in [0.1, 0.15) is 6.04 Å². The molecule has 1 unspecified atom stereocenters. The third-order valence-electron chi connectivity index (χ3n) is 1.07. The number of carboxylic acids is 1. The maximum atomic E-state index is 10.0. The van der Waals surface area contributed by atoms with Crippen LogP contribution in [0.15, 0.2) is 0 Å². The summed E-state index contributed by atoms with van der Waals surface area (Å²) in [5.74, 6) is 0.204. The molecule has 0 heterocycles. The average molecular weight is 216 g/mol. The smallest absolute Gasteiger partial charge is 0.320 e. The molecule has 0 aliphatic heterocycles. The maximum Gasteiger partial charge on any atom is 0.320 e. The van der Waals surface area contributed by atoms with Crippen LogP contribution in [0.3, 0.4) is 0 Å². The van der Waals surface area contributed by atoms with Gasteiger partial charge in [0.25, 0.3) is 0 Å². The molecule has 3 nitrogen and oxygen atoms in total. The van der Waals surface area contributed by atoms with E-state index in [0.717, 1.165) is 0 Å². The molecule has 0 aromatic heterocycles. The van der Waals surface area contributed by atoms with Crippen molar-refractivity contribution in [2.45, 2.75) is 19.9 Å². The first-order valence-electron chi connectivity index (χ1n) is 3.57. The maximum absolute atomic E-state index is 10.0. The minimum atomic E-state index is -0.931. The highest BCUT2D eigenvalue weighted by Gasteiger charge is 2.14. The standard InChI is InChI=1S/C5H11NO2.C2H4Cl2/c1-3(2)4(6)5(7)8;3-1-2-4/h3-4H,6H2,1-2H3,(H,7,8);1-2H2. The number of rotatable bonds is 3. The molecule has 74 valence electrons. The molecular weight excluding hydrogens is 201 g/mol. The van der Waals surface area contributed by atoms with E-state index < -0.39 is 12.0 Å². The molecule has 0 bridgehead atoms. The van der Waals surface area contributed by atoms with Gasteiger partial charge in [-0.05, 0) is 5.92 Å². The van der Waals surface area contributed by atoms with Gasteiger partial charge in [-0.1, -0.05) is 13.8 Å². The predicted octanol–water partition coefficient (Wildman–Crippen LogP) is 1.52. The summed E-state index contributed by atoms with van der Waals surface area (Å²) in [6, 6.07) is -0.713. The molecule has 0 spiro atoms. The van der Waals surface area contributed by atoms with Gasteiger partial charge in [-0.3, -0.25) is 4.79 Å². The minimum Gasteiger partial charge on any atom is -0.480 e. The molecule has 0 aromatic rings. The second kappa shape index (κ2) is 9.10. The van der Waals surface area contributed by atoms with Crippen molar-refractivity contribution in [2.24, 2.45) is 11.7 Å². The summed E-state index contributed by atoms with van der Waals surface area (Å²) in [4.78, 5) is 10.0. The lowest BCUT2D eigenvalue weighted by atomic mass is 10.1. The van der Waals surface area contributed by atoms with Crippen molar-refractivity contribution < 1.29 is 9.90 Å². The van der Waals surface area contributed by atoms with Gasteiger partial charge >= 0.3 is 5.97 Å². The van der Waals surface area contributed by atoms with E-state index in [1.807, 2.05) is 0 Å². The fraction of sp³-hybridized carbons (Fsp3) is 0.857. The summed E-state index contributed by atoms with van der Waals surface area (Å²) >= 11 is 10.1. The second-order valence-corrected chi connectivity index (χ2v) is 3.24. The highest BCUT2D eigenvalue weighted by molar-refractivity contribution is 6.25. The van der Waals surface area contributed by atoms with E-state index in [1.54, 1.807) is 13.8 Å². The Balaban J connectivity index is 0. The molecule has 1 atom stereocenters. The van der Waals surface area contributed by atoms with E-state index in [1.165, 1.54) is 0 Å². The van der Waals surface area contributed by atoms with Gasteiger partial charge in [-0.15, -0.1) is 23.2 Å². The number of hydrogen-bond acceptors (Lipinski definition) is 2. The summed E-state index contributed by atoms with van der Waals surface area (Å²) in [5.41, 5.74) is 5.16. The van der Waals surface area contributed by atoms with E-state index in [4.69, 9.17) is 34.0 Å². The quantitative estimate of drug-likeness (QED) is 0.703. The average Bonchev–Trinajstić information content (AvgIpc) is 2.03. The molecule has 0 aliphatic carbocycles. The molecule has 0 saturated carbocycles. The Hall–Kier alpha value is 0.01000. The van der Waals surface area contributed by atoms with Crippen LogP contribution in [-0.4, -0.2) is 28.9 Å². The molecular formula is C7H15Cl2NO2.